The van der Waals surface area contributed by atoms with Gasteiger partial charge in [0.1, 0.15) is 34.5 Å². The monoisotopic (exact) mass is 507 g/mol. The van der Waals surface area contributed by atoms with E-state index in [1.165, 1.54) is 13.8 Å². The highest BCUT2D eigenvalue weighted by Crippen LogP contribution is 2.41. The number of nitrogens with one attached hydrogen (secondary N) is 1. The second-order valence-corrected chi connectivity index (χ2v) is 7.80. The average Bonchev–Trinajstić information content (AvgIpc) is 2.73. The molecular weight excluding hydrogens is 488 g/mol. The molecule has 2 atom stereocenters. The smallest absolute Gasteiger partial charge is 0.424 e. The first-order chi connectivity index (χ1) is 16.1. The molecule has 0 radical (unpaired) electrons. The third-order valence-electron chi connectivity index (χ3n) is 5.04. The van der Waals surface area contributed by atoms with Gasteiger partial charge >= 0.3 is 18.9 Å². The summed E-state index contributed by atoms with van der Waals surface area (Å²) < 4.78 is 93.2. The number of aromatic nitrogens is 2. The normalized spacial score (nSPS) is 22.5. The van der Waals surface area contributed by atoms with Crippen LogP contribution >= 0.6 is 0 Å². The number of amides is 1. The van der Waals surface area contributed by atoms with Gasteiger partial charge in [0.15, 0.2) is 0 Å². The minimum absolute atomic E-state index is 0.190. The molecule has 0 aliphatic carbocycles. The summed E-state index contributed by atoms with van der Waals surface area (Å²) in [5.41, 5.74) is 0.682. The van der Waals surface area contributed by atoms with Crippen LogP contribution < -0.4 is 20.5 Å². The fourth-order valence-electron chi connectivity index (χ4n) is 3.03. The van der Waals surface area contributed by atoms with Crippen LogP contribution in [0, 0.1) is 12.7 Å². The molecule has 0 saturated heterocycles. The molecule has 0 unspecified atom stereocenters. The summed E-state index contributed by atoms with van der Waals surface area (Å²) in [6.07, 6.45) is -5.07. The van der Waals surface area contributed by atoms with Crippen molar-refractivity contribution >= 4 is 17.7 Å². The van der Waals surface area contributed by atoms with Gasteiger partial charge in [0.2, 0.25) is 11.5 Å². The first-order valence-corrected chi connectivity index (χ1v) is 9.78. The summed E-state index contributed by atoms with van der Waals surface area (Å²) in [7, 11) is 0. The van der Waals surface area contributed by atoms with Gasteiger partial charge in [0, 0.05) is 5.56 Å². The molecule has 0 fully saturated rings. The van der Waals surface area contributed by atoms with Crippen LogP contribution in [0.15, 0.2) is 29.4 Å². The van der Waals surface area contributed by atoms with Crippen molar-refractivity contribution in [1.29, 1.82) is 0 Å². The summed E-state index contributed by atoms with van der Waals surface area (Å²) in [6.45, 7) is -0.394. The van der Waals surface area contributed by atoms with E-state index >= 15 is 0 Å². The topological polar surface area (TPSA) is 121 Å². The molecule has 0 aromatic carbocycles. The molecule has 0 spiro atoms. The highest BCUT2D eigenvalue weighted by Gasteiger charge is 2.59. The standard InChI is InChI=1S/C20H19F6N5O4/c1-9-6-10(34-16(22)23)7-28-14(9)35-17(32)30-12-5-4-11(21)13(29-12)18(2)8-33-19(3,15(27)31-18)20(24,25)26/h4-7,16H,8H2,1-3H3,(H2,27,31)(H,29,30,32)/t18-,19+/m0/s1. The van der Waals surface area contributed by atoms with Gasteiger partial charge in [-0.05, 0) is 39.0 Å². The second kappa shape index (κ2) is 9.20. The SMILES string of the molecule is Cc1cc(OC(F)F)cnc1OC(=O)Nc1ccc(F)c([C@]2(C)CO[C@@](C)(C(F)(F)F)C(N)=N2)n1. The maximum atomic E-state index is 14.5. The Hall–Kier alpha value is -3.62. The molecule has 0 saturated carbocycles. The zero-order valence-electron chi connectivity index (χ0n) is 18.4. The van der Waals surface area contributed by atoms with E-state index in [1.54, 1.807) is 0 Å². The van der Waals surface area contributed by atoms with Gasteiger partial charge < -0.3 is 19.9 Å². The van der Waals surface area contributed by atoms with Crippen LogP contribution in [0.2, 0.25) is 0 Å². The lowest BCUT2D eigenvalue weighted by Crippen LogP contribution is -2.60. The minimum Gasteiger partial charge on any atom is -0.433 e. The molecule has 9 nitrogen and oxygen atoms in total. The van der Waals surface area contributed by atoms with Gasteiger partial charge in [-0.15, -0.1) is 0 Å². The zero-order chi connectivity index (χ0) is 26.2. The van der Waals surface area contributed by atoms with Gasteiger partial charge in [-0.2, -0.15) is 22.0 Å². The van der Waals surface area contributed by atoms with Gasteiger partial charge in [-0.1, -0.05) is 0 Å². The van der Waals surface area contributed by atoms with Crippen LogP contribution in [0.4, 0.5) is 37.0 Å². The molecule has 2 aromatic rings. The number of alkyl halides is 5. The number of carbonyl (C=O) groups is 1. The molecular formula is C20H19F6N5O4. The Bertz CT molecular complexity index is 1160. The first kappa shape index (κ1) is 26.0. The number of hydrogen-bond donors (Lipinski definition) is 2. The number of aliphatic imine (C=N–C) groups is 1. The molecule has 15 heteroatoms. The Morgan fingerprint density at radius 3 is 2.54 bits per heavy atom. The first-order valence-electron chi connectivity index (χ1n) is 9.78. The number of carbonyl (C=O) groups excluding carboxylic acids is 1. The Morgan fingerprint density at radius 2 is 1.97 bits per heavy atom. The van der Waals surface area contributed by atoms with Gasteiger partial charge in [0.25, 0.3) is 0 Å². The van der Waals surface area contributed by atoms with Crippen LogP contribution in [0.25, 0.3) is 0 Å². The summed E-state index contributed by atoms with van der Waals surface area (Å²) in [5.74, 6) is -2.57. The van der Waals surface area contributed by atoms with Crippen LogP contribution in [0.1, 0.15) is 25.1 Å². The predicted octanol–water partition coefficient (Wildman–Crippen LogP) is 4.06. The third-order valence-corrected chi connectivity index (χ3v) is 5.04. The number of pyridine rings is 2. The average molecular weight is 507 g/mol. The fourth-order valence-corrected chi connectivity index (χ4v) is 3.03. The molecule has 35 heavy (non-hydrogen) atoms. The van der Waals surface area contributed by atoms with Crippen molar-refractivity contribution in [2.75, 3.05) is 11.9 Å². The number of anilines is 1. The summed E-state index contributed by atoms with van der Waals surface area (Å²) in [5, 5.41) is 2.21. The van der Waals surface area contributed by atoms with Crippen LogP contribution in [-0.4, -0.2) is 46.9 Å². The highest BCUT2D eigenvalue weighted by atomic mass is 19.4. The van der Waals surface area contributed by atoms with E-state index in [0.717, 1.165) is 24.4 Å². The molecule has 2 aromatic heterocycles. The van der Waals surface area contributed by atoms with Crippen molar-refractivity contribution in [2.24, 2.45) is 10.7 Å². The Balaban J connectivity index is 1.80. The summed E-state index contributed by atoms with van der Waals surface area (Å²) >= 11 is 0. The number of rotatable bonds is 5. The Kier molecular flexibility index (Phi) is 6.83. The van der Waals surface area contributed by atoms with Crippen molar-refractivity contribution in [1.82, 2.24) is 9.97 Å². The number of aryl methyl sites for hydroxylation is 1. The highest BCUT2D eigenvalue weighted by molar-refractivity contribution is 5.90. The number of halogens is 6. The molecule has 3 N–H and O–H groups in total. The largest absolute Gasteiger partial charge is 0.433 e. The van der Waals surface area contributed by atoms with Gasteiger partial charge in [0.05, 0.1) is 12.8 Å². The maximum absolute atomic E-state index is 14.5. The molecule has 1 aliphatic heterocycles. The third kappa shape index (κ3) is 5.39. The lowest BCUT2D eigenvalue weighted by Gasteiger charge is -2.40. The van der Waals surface area contributed by atoms with Gasteiger partial charge in [-0.25, -0.2) is 19.2 Å². The number of nitrogens with two attached hydrogens (primary N) is 1. The van der Waals surface area contributed by atoms with Crippen LogP contribution in [0.3, 0.4) is 0 Å². The fraction of sp³-hybridized carbons (Fsp3) is 0.400. The number of hydrogen-bond acceptors (Lipinski definition) is 8. The minimum atomic E-state index is -4.86. The van der Waals surface area contributed by atoms with Crippen molar-refractivity contribution in [3.05, 3.63) is 41.5 Å². The van der Waals surface area contributed by atoms with E-state index in [4.69, 9.17) is 15.2 Å². The van der Waals surface area contributed by atoms with Crippen molar-refractivity contribution in [2.45, 2.75) is 44.7 Å². The van der Waals surface area contributed by atoms with E-state index in [0.29, 0.717) is 6.92 Å². The number of ether oxygens (including phenoxy) is 3. The Morgan fingerprint density at radius 1 is 1.29 bits per heavy atom. The zero-order valence-corrected chi connectivity index (χ0v) is 18.4. The lowest BCUT2D eigenvalue weighted by atomic mass is 9.93. The molecule has 3 heterocycles. The van der Waals surface area contributed by atoms with E-state index < -0.39 is 54.0 Å². The summed E-state index contributed by atoms with van der Waals surface area (Å²) in [6, 6.07) is 3.14. The molecule has 0 bridgehead atoms. The van der Waals surface area contributed by atoms with E-state index in [1.807, 2.05) is 0 Å². The van der Waals surface area contributed by atoms with Crippen LogP contribution in [0.5, 0.6) is 11.6 Å². The molecule has 3 rings (SSSR count). The van der Waals surface area contributed by atoms with Crippen molar-refractivity contribution < 1.29 is 45.3 Å². The lowest BCUT2D eigenvalue weighted by molar-refractivity contribution is -0.249. The number of nitrogens with zero attached hydrogens (tertiary/aromatic N) is 3. The van der Waals surface area contributed by atoms with Crippen molar-refractivity contribution in [3.63, 3.8) is 0 Å². The molecule has 190 valence electrons. The molecule has 1 amide bonds. The number of amidine groups is 1. The predicted molar refractivity (Wildman–Crippen MR) is 109 cm³/mol. The summed E-state index contributed by atoms with van der Waals surface area (Å²) in [4.78, 5) is 23.7. The van der Waals surface area contributed by atoms with E-state index in [-0.39, 0.29) is 23.0 Å². The van der Waals surface area contributed by atoms with Crippen LogP contribution in [-0.2, 0) is 10.3 Å². The van der Waals surface area contributed by atoms with Gasteiger partial charge in [-0.3, -0.25) is 10.3 Å². The van der Waals surface area contributed by atoms with E-state index in [2.05, 4.69) is 25.0 Å². The van der Waals surface area contributed by atoms with Crippen molar-refractivity contribution in [3.8, 4) is 11.6 Å². The quantitative estimate of drug-likeness (QED) is 0.586. The second-order valence-electron chi connectivity index (χ2n) is 7.80. The maximum Gasteiger partial charge on any atom is 0.424 e. The molecule has 1 aliphatic rings. The Labute approximate surface area is 194 Å². The van der Waals surface area contributed by atoms with E-state index in [9.17, 15) is 31.1 Å².